The van der Waals surface area contributed by atoms with Crippen molar-refractivity contribution in [2.24, 2.45) is 0 Å². The number of hydrogen-bond acceptors (Lipinski definition) is 6. The molecule has 1 heterocycles. The van der Waals surface area contributed by atoms with E-state index in [9.17, 15) is 19.7 Å². The van der Waals surface area contributed by atoms with Gasteiger partial charge >= 0.3 is 5.97 Å². The number of esters is 1. The number of carbonyl (C=O) groups excluding carboxylic acids is 2. The molecule has 0 radical (unpaired) electrons. The maximum absolute atomic E-state index is 13.6. The summed E-state index contributed by atoms with van der Waals surface area (Å²) in [5.74, 6) is -1.18. The van der Waals surface area contributed by atoms with Gasteiger partial charge in [0.2, 0.25) is 0 Å². The largest absolute Gasteiger partial charge is 0.459 e. The minimum atomic E-state index is -0.704. The van der Waals surface area contributed by atoms with Gasteiger partial charge in [0.05, 0.1) is 10.5 Å². The van der Waals surface area contributed by atoms with Crippen LogP contribution in [0.3, 0.4) is 0 Å². The molecular formula is C28H28N2O5. The maximum Gasteiger partial charge on any atom is 0.337 e. The number of carbonyl (C=O) groups is 2. The molecule has 2 atom stereocenters. The molecule has 0 spiro atoms. The Morgan fingerprint density at radius 2 is 1.74 bits per heavy atom. The standard InChI is InChI=1S/C28H28N2O5/c1-17-25(28(32)35-22-12-5-6-13-22)26(19-10-7-11-21(14-19)30(33)34)27-23(29-17)15-20(16-24(27)31)18-8-3-2-4-9-18/h2-4,7-11,14,20,22,26,29H,5-6,12-13,15-16H2,1H3/t20-,26-/m0/s1. The van der Waals surface area contributed by atoms with Crippen LogP contribution in [-0.4, -0.2) is 22.8 Å². The number of hydrogen-bond donors (Lipinski definition) is 1. The first kappa shape index (κ1) is 23.0. The lowest BCUT2D eigenvalue weighted by molar-refractivity contribution is -0.384. The minimum absolute atomic E-state index is 0.0282. The van der Waals surface area contributed by atoms with Crippen LogP contribution in [0.15, 0.2) is 77.1 Å². The van der Waals surface area contributed by atoms with Gasteiger partial charge in [-0.15, -0.1) is 0 Å². The predicted octanol–water partition coefficient (Wildman–Crippen LogP) is 5.44. The highest BCUT2D eigenvalue weighted by Crippen LogP contribution is 2.46. The zero-order chi connectivity index (χ0) is 24.5. The maximum atomic E-state index is 13.6. The first-order valence-corrected chi connectivity index (χ1v) is 12.2. The van der Waals surface area contributed by atoms with Crippen LogP contribution in [0.25, 0.3) is 0 Å². The number of nitro groups is 1. The quantitative estimate of drug-likeness (QED) is 0.353. The molecule has 0 aromatic heterocycles. The Kier molecular flexibility index (Phi) is 6.24. The Balaban J connectivity index is 1.57. The van der Waals surface area contributed by atoms with Gasteiger partial charge in [-0.3, -0.25) is 14.9 Å². The van der Waals surface area contributed by atoms with Crippen molar-refractivity contribution in [3.05, 3.63) is 98.4 Å². The number of Topliss-reactive ketones (excluding diaryl/α,β-unsaturated/α-hetero) is 1. The molecule has 0 unspecified atom stereocenters. The van der Waals surface area contributed by atoms with Crippen LogP contribution < -0.4 is 5.32 Å². The number of non-ortho nitro benzene ring substituents is 1. The molecule has 0 bridgehead atoms. The average molecular weight is 473 g/mol. The van der Waals surface area contributed by atoms with Crippen molar-refractivity contribution in [2.45, 2.75) is 63.4 Å². The van der Waals surface area contributed by atoms with Crippen LogP contribution >= 0.6 is 0 Å². The highest BCUT2D eigenvalue weighted by Gasteiger charge is 2.42. The van der Waals surface area contributed by atoms with Crippen molar-refractivity contribution in [1.29, 1.82) is 0 Å². The van der Waals surface area contributed by atoms with Gasteiger partial charge in [0.15, 0.2) is 5.78 Å². The fraction of sp³-hybridized carbons (Fsp3) is 0.357. The fourth-order valence-corrected chi connectivity index (χ4v) is 5.64. The van der Waals surface area contributed by atoms with E-state index in [2.05, 4.69) is 5.32 Å². The first-order valence-electron chi connectivity index (χ1n) is 12.2. The van der Waals surface area contributed by atoms with E-state index in [1.165, 1.54) is 12.1 Å². The Morgan fingerprint density at radius 3 is 2.46 bits per heavy atom. The zero-order valence-electron chi connectivity index (χ0n) is 19.7. The van der Waals surface area contributed by atoms with Crippen molar-refractivity contribution >= 4 is 17.4 Å². The molecule has 7 heteroatoms. The first-order chi connectivity index (χ1) is 16.9. The van der Waals surface area contributed by atoms with E-state index >= 15 is 0 Å². The van der Waals surface area contributed by atoms with Crippen molar-refractivity contribution in [3.63, 3.8) is 0 Å². The van der Waals surface area contributed by atoms with E-state index in [0.717, 1.165) is 36.9 Å². The molecule has 2 aliphatic carbocycles. The summed E-state index contributed by atoms with van der Waals surface area (Å²) in [6, 6.07) is 16.2. The molecule has 35 heavy (non-hydrogen) atoms. The third-order valence-electron chi connectivity index (χ3n) is 7.31. The number of allylic oxidation sites excluding steroid dienone is 3. The number of ether oxygens (including phenoxy) is 1. The van der Waals surface area contributed by atoms with E-state index in [1.807, 2.05) is 37.3 Å². The molecule has 2 aromatic rings. The van der Waals surface area contributed by atoms with Crippen LogP contribution in [0.2, 0.25) is 0 Å². The Hall–Kier alpha value is -3.74. The van der Waals surface area contributed by atoms with E-state index < -0.39 is 16.8 Å². The molecule has 1 aliphatic heterocycles. The van der Waals surface area contributed by atoms with Crippen LogP contribution in [0, 0.1) is 10.1 Å². The number of nitro benzene ring substituents is 1. The number of nitrogens with one attached hydrogen (secondary N) is 1. The van der Waals surface area contributed by atoms with E-state index in [1.54, 1.807) is 12.1 Å². The summed E-state index contributed by atoms with van der Waals surface area (Å²) in [7, 11) is 0. The van der Waals surface area contributed by atoms with Crippen LogP contribution in [0.5, 0.6) is 0 Å². The van der Waals surface area contributed by atoms with Gasteiger partial charge in [0.1, 0.15) is 6.10 Å². The molecule has 0 amide bonds. The van der Waals surface area contributed by atoms with Crippen molar-refractivity contribution in [2.75, 3.05) is 0 Å². The third kappa shape index (κ3) is 4.50. The summed E-state index contributed by atoms with van der Waals surface area (Å²) in [4.78, 5) is 38.1. The lowest BCUT2D eigenvalue weighted by Crippen LogP contribution is -2.36. The van der Waals surface area contributed by atoms with Gasteiger partial charge in [-0.2, -0.15) is 0 Å². The number of dihydropyridines is 1. The monoisotopic (exact) mass is 472 g/mol. The molecule has 3 aliphatic rings. The molecule has 1 fully saturated rings. The molecule has 0 saturated heterocycles. The molecule has 1 saturated carbocycles. The molecule has 2 aromatic carbocycles. The van der Waals surface area contributed by atoms with Gasteiger partial charge in [0, 0.05) is 41.4 Å². The van der Waals surface area contributed by atoms with Gasteiger partial charge in [-0.25, -0.2) is 4.79 Å². The third-order valence-corrected chi connectivity index (χ3v) is 7.31. The topological polar surface area (TPSA) is 98.5 Å². The second kappa shape index (κ2) is 9.49. The van der Waals surface area contributed by atoms with Crippen molar-refractivity contribution < 1.29 is 19.2 Å². The smallest absolute Gasteiger partial charge is 0.337 e. The summed E-state index contributed by atoms with van der Waals surface area (Å²) >= 11 is 0. The summed E-state index contributed by atoms with van der Waals surface area (Å²) in [5.41, 5.74) is 3.86. The van der Waals surface area contributed by atoms with Crippen molar-refractivity contribution in [1.82, 2.24) is 5.32 Å². The second-order valence-corrected chi connectivity index (χ2v) is 9.59. The van der Waals surface area contributed by atoms with Gasteiger partial charge in [-0.1, -0.05) is 42.5 Å². The number of benzene rings is 2. The zero-order valence-corrected chi connectivity index (χ0v) is 19.7. The SMILES string of the molecule is CC1=C(C(=O)OC2CCCC2)[C@H](c2cccc([N+](=O)[O-])c2)C2=C(C[C@H](c3ccccc3)CC2=O)N1. The Morgan fingerprint density at radius 1 is 1.03 bits per heavy atom. The normalized spacial score (nSPS) is 22.6. The molecule has 5 rings (SSSR count). The van der Waals surface area contributed by atoms with E-state index in [4.69, 9.17) is 4.74 Å². The number of nitrogens with zero attached hydrogens (tertiary/aromatic N) is 1. The summed E-state index contributed by atoms with van der Waals surface area (Å²) in [6.45, 7) is 1.82. The van der Waals surface area contributed by atoms with Crippen LogP contribution in [0.1, 0.15) is 68.4 Å². The van der Waals surface area contributed by atoms with Crippen molar-refractivity contribution in [3.8, 4) is 0 Å². The van der Waals surface area contributed by atoms with Gasteiger partial charge < -0.3 is 10.1 Å². The fourth-order valence-electron chi connectivity index (χ4n) is 5.64. The molecule has 180 valence electrons. The highest BCUT2D eigenvalue weighted by molar-refractivity contribution is 6.04. The minimum Gasteiger partial charge on any atom is -0.459 e. The average Bonchev–Trinajstić information content (AvgIpc) is 3.36. The summed E-state index contributed by atoms with van der Waals surface area (Å²) in [5, 5.41) is 14.8. The predicted molar refractivity (Wildman–Crippen MR) is 130 cm³/mol. The van der Waals surface area contributed by atoms with E-state index in [-0.39, 0.29) is 23.5 Å². The lowest BCUT2D eigenvalue weighted by atomic mass is 9.71. The molecule has 1 N–H and O–H groups in total. The van der Waals surface area contributed by atoms with Crippen LogP contribution in [-0.2, 0) is 14.3 Å². The number of rotatable bonds is 5. The van der Waals surface area contributed by atoms with Crippen LogP contribution in [0.4, 0.5) is 5.69 Å². The summed E-state index contributed by atoms with van der Waals surface area (Å²) < 4.78 is 5.85. The highest BCUT2D eigenvalue weighted by atomic mass is 16.6. The van der Waals surface area contributed by atoms with Gasteiger partial charge in [-0.05, 0) is 56.1 Å². The molecule has 7 nitrogen and oxygen atoms in total. The number of ketones is 1. The van der Waals surface area contributed by atoms with Gasteiger partial charge in [0.25, 0.3) is 5.69 Å². The second-order valence-electron chi connectivity index (χ2n) is 9.59. The Labute approximate surface area is 204 Å². The molecular weight excluding hydrogens is 444 g/mol. The Bertz CT molecular complexity index is 1240. The summed E-state index contributed by atoms with van der Waals surface area (Å²) in [6.07, 6.45) is 4.53. The lowest BCUT2D eigenvalue weighted by Gasteiger charge is -2.37. The van der Waals surface area contributed by atoms with E-state index in [0.29, 0.717) is 35.2 Å².